The van der Waals surface area contributed by atoms with Crippen molar-refractivity contribution in [3.05, 3.63) is 72.8 Å². The number of hydrogen-bond acceptors (Lipinski definition) is 8. The van der Waals surface area contributed by atoms with Gasteiger partial charge in [0.2, 0.25) is 11.8 Å². The lowest BCUT2D eigenvalue weighted by atomic mass is 10.3. The van der Waals surface area contributed by atoms with E-state index in [9.17, 15) is 9.59 Å². The molecule has 5 rings (SSSR count). The minimum atomic E-state index is -0.0831. The molecule has 0 radical (unpaired) electrons. The monoisotopic (exact) mass is 522 g/mol. The van der Waals surface area contributed by atoms with Crippen molar-refractivity contribution in [2.45, 2.75) is 8.68 Å². The summed E-state index contributed by atoms with van der Waals surface area (Å²) in [5, 5.41) is 5.82. The van der Waals surface area contributed by atoms with E-state index in [1.54, 1.807) is 11.3 Å². The number of para-hydroxylation sites is 2. The van der Waals surface area contributed by atoms with Crippen LogP contribution in [0.15, 0.2) is 81.5 Å². The number of thioether (sulfide) groups is 2. The Kier molecular flexibility index (Phi) is 7.10. The molecule has 34 heavy (non-hydrogen) atoms. The van der Waals surface area contributed by atoms with Crippen molar-refractivity contribution in [1.82, 2.24) is 9.97 Å². The molecule has 0 fully saturated rings. The number of benzene rings is 3. The van der Waals surface area contributed by atoms with E-state index >= 15 is 0 Å². The summed E-state index contributed by atoms with van der Waals surface area (Å²) >= 11 is 5.93. The average molecular weight is 523 g/mol. The van der Waals surface area contributed by atoms with Gasteiger partial charge < -0.3 is 10.6 Å². The van der Waals surface area contributed by atoms with Crippen molar-refractivity contribution in [1.29, 1.82) is 0 Å². The van der Waals surface area contributed by atoms with E-state index in [-0.39, 0.29) is 23.3 Å². The van der Waals surface area contributed by atoms with Crippen molar-refractivity contribution in [2.75, 3.05) is 22.1 Å². The van der Waals surface area contributed by atoms with Crippen molar-refractivity contribution < 1.29 is 9.59 Å². The van der Waals surface area contributed by atoms with Crippen LogP contribution in [-0.2, 0) is 9.59 Å². The summed E-state index contributed by atoms with van der Waals surface area (Å²) in [6.45, 7) is 0. The summed E-state index contributed by atoms with van der Waals surface area (Å²) in [6, 6.07) is 23.0. The van der Waals surface area contributed by atoms with Crippen molar-refractivity contribution >= 4 is 89.8 Å². The van der Waals surface area contributed by atoms with E-state index in [0.717, 1.165) is 40.5 Å². The van der Waals surface area contributed by atoms with Crippen LogP contribution in [0.4, 0.5) is 11.4 Å². The first-order valence-electron chi connectivity index (χ1n) is 10.3. The first kappa shape index (κ1) is 22.9. The second-order valence-corrected chi connectivity index (χ2v) is 11.7. The highest BCUT2D eigenvalue weighted by molar-refractivity contribution is 8.02. The molecule has 0 saturated heterocycles. The van der Waals surface area contributed by atoms with Crippen LogP contribution in [0.25, 0.3) is 20.4 Å². The van der Waals surface area contributed by atoms with Crippen molar-refractivity contribution in [3.8, 4) is 0 Å². The van der Waals surface area contributed by atoms with Crippen molar-refractivity contribution in [2.24, 2.45) is 0 Å². The number of fused-ring (bicyclic) bond motifs is 2. The highest BCUT2D eigenvalue weighted by Gasteiger charge is 2.11. The fourth-order valence-electron chi connectivity index (χ4n) is 3.13. The highest BCUT2D eigenvalue weighted by Crippen LogP contribution is 2.32. The van der Waals surface area contributed by atoms with E-state index in [4.69, 9.17) is 0 Å². The van der Waals surface area contributed by atoms with Crippen LogP contribution in [0, 0.1) is 0 Å². The molecule has 0 spiro atoms. The lowest BCUT2D eigenvalue weighted by molar-refractivity contribution is -0.114. The van der Waals surface area contributed by atoms with Gasteiger partial charge in [-0.1, -0.05) is 53.9 Å². The third kappa shape index (κ3) is 5.76. The molecule has 0 aliphatic rings. The second-order valence-electron chi connectivity index (χ2n) is 7.15. The summed E-state index contributed by atoms with van der Waals surface area (Å²) in [7, 11) is 0. The van der Waals surface area contributed by atoms with Gasteiger partial charge in [-0.25, -0.2) is 9.97 Å². The minimum Gasteiger partial charge on any atom is -0.325 e. The van der Waals surface area contributed by atoms with Crippen LogP contribution in [0.1, 0.15) is 0 Å². The maximum absolute atomic E-state index is 12.5. The van der Waals surface area contributed by atoms with E-state index < -0.39 is 0 Å². The molecule has 0 aliphatic carbocycles. The molecule has 2 aromatic heterocycles. The zero-order chi connectivity index (χ0) is 23.3. The number of rotatable bonds is 8. The number of hydrogen-bond donors (Lipinski definition) is 2. The Labute approximate surface area is 212 Å². The van der Waals surface area contributed by atoms with Gasteiger partial charge in [0, 0.05) is 11.4 Å². The number of carbonyl (C=O) groups excluding carboxylic acids is 2. The normalized spacial score (nSPS) is 11.1. The van der Waals surface area contributed by atoms with Gasteiger partial charge in [-0.15, -0.1) is 22.7 Å². The smallest absolute Gasteiger partial charge is 0.234 e. The topological polar surface area (TPSA) is 84.0 Å². The van der Waals surface area contributed by atoms with Gasteiger partial charge >= 0.3 is 0 Å². The Morgan fingerprint density at radius 1 is 0.676 bits per heavy atom. The number of aromatic nitrogens is 2. The number of nitrogens with one attached hydrogen (secondary N) is 2. The van der Waals surface area contributed by atoms with Gasteiger partial charge in [0.25, 0.3) is 0 Å². The lowest BCUT2D eigenvalue weighted by Gasteiger charge is -2.03. The summed E-state index contributed by atoms with van der Waals surface area (Å²) in [5.41, 5.74) is 3.30. The van der Waals surface area contributed by atoms with Gasteiger partial charge in [0.05, 0.1) is 31.9 Å². The third-order valence-corrected chi connectivity index (χ3v) is 8.98. The second kappa shape index (κ2) is 10.6. The third-order valence-electron chi connectivity index (χ3n) is 4.64. The van der Waals surface area contributed by atoms with Crippen LogP contribution in [0.2, 0.25) is 0 Å². The minimum absolute atomic E-state index is 0.0750. The summed E-state index contributed by atoms with van der Waals surface area (Å²) in [5.74, 6) is 0.411. The number of thiazole rings is 2. The molecule has 0 bridgehead atoms. The fourth-order valence-corrected chi connectivity index (χ4v) is 6.90. The van der Waals surface area contributed by atoms with Crippen LogP contribution >= 0.6 is 46.2 Å². The Morgan fingerprint density at radius 2 is 1.26 bits per heavy atom. The van der Waals surface area contributed by atoms with E-state index in [2.05, 4.69) is 20.6 Å². The van der Waals surface area contributed by atoms with Crippen molar-refractivity contribution in [3.63, 3.8) is 0 Å². The molecule has 3 aromatic carbocycles. The maximum atomic E-state index is 12.5. The number of nitrogens with zero attached hydrogens (tertiary/aromatic N) is 2. The highest BCUT2D eigenvalue weighted by atomic mass is 32.2. The molecule has 6 nitrogen and oxygen atoms in total. The fraction of sp³-hybridized carbons (Fsp3) is 0.0833. The molecule has 10 heteroatoms. The van der Waals surface area contributed by atoms with Gasteiger partial charge in [0.1, 0.15) is 0 Å². The predicted molar refractivity (Wildman–Crippen MR) is 144 cm³/mol. The molecule has 5 aromatic rings. The SMILES string of the molecule is O=C(CSc1nc2ccccc2s1)Nc1ccc2nc(SCC(=O)Nc3ccccc3)sc2c1. The Balaban J connectivity index is 1.15. The molecular formula is C24H18N4O2S4. The molecule has 0 unspecified atom stereocenters. The van der Waals surface area contributed by atoms with Crippen LogP contribution < -0.4 is 10.6 Å². The van der Waals surface area contributed by atoms with E-state index in [1.165, 1.54) is 34.9 Å². The predicted octanol–water partition coefficient (Wildman–Crippen LogP) is 6.37. The Bertz CT molecular complexity index is 1430. The average Bonchev–Trinajstić information content (AvgIpc) is 3.45. The molecule has 0 saturated carbocycles. The molecule has 2 heterocycles. The maximum Gasteiger partial charge on any atom is 0.234 e. The van der Waals surface area contributed by atoms with E-state index in [1.807, 2.05) is 72.8 Å². The molecule has 2 N–H and O–H groups in total. The van der Waals surface area contributed by atoms with Gasteiger partial charge in [-0.3, -0.25) is 9.59 Å². The van der Waals surface area contributed by atoms with Crippen LogP contribution in [-0.4, -0.2) is 33.3 Å². The lowest BCUT2D eigenvalue weighted by Crippen LogP contribution is -2.13. The van der Waals surface area contributed by atoms with Crippen LogP contribution in [0.5, 0.6) is 0 Å². The number of anilines is 2. The van der Waals surface area contributed by atoms with E-state index in [0.29, 0.717) is 0 Å². The largest absolute Gasteiger partial charge is 0.325 e. The summed E-state index contributed by atoms with van der Waals surface area (Å²) in [6.07, 6.45) is 0. The Morgan fingerprint density at radius 3 is 1.97 bits per heavy atom. The molecule has 2 amide bonds. The quantitative estimate of drug-likeness (QED) is 0.231. The first-order valence-corrected chi connectivity index (χ1v) is 13.9. The molecule has 0 atom stereocenters. The summed E-state index contributed by atoms with van der Waals surface area (Å²) < 4.78 is 3.77. The zero-order valence-electron chi connectivity index (χ0n) is 17.7. The molecule has 0 aliphatic heterocycles. The standard InChI is InChI=1S/C24H18N4O2S4/c29-21(25-15-6-2-1-3-7-15)13-32-24-28-18-11-10-16(12-20(18)34-24)26-22(30)14-31-23-27-17-8-4-5-9-19(17)33-23/h1-12H,13-14H2,(H,25,29)(H,26,30). The van der Waals surface area contributed by atoms with Gasteiger partial charge in [-0.05, 0) is 42.5 Å². The zero-order valence-corrected chi connectivity index (χ0v) is 21.0. The van der Waals surface area contributed by atoms with Gasteiger partial charge in [0.15, 0.2) is 8.68 Å². The summed E-state index contributed by atoms with van der Waals surface area (Å²) in [4.78, 5) is 33.8. The first-order chi connectivity index (χ1) is 16.6. The van der Waals surface area contributed by atoms with Gasteiger partial charge in [-0.2, -0.15) is 0 Å². The van der Waals surface area contributed by atoms with Crippen LogP contribution in [0.3, 0.4) is 0 Å². The number of amides is 2. The molecular weight excluding hydrogens is 505 g/mol. The number of carbonyl (C=O) groups is 2. The Hall–Kier alpha value is -2.92. The molecule has 170 valence electrons.